The quantitative estimate of drug-likeness (QED) is 0.757. The van der Waals surface area contributed by atoms with Crippen LogP contribution in [0, 0.1) is 5.92 Å². The van der Waals surface area contributed by atoms with Crippen molar-refractivity contribution in [2.24, 2.45) is 5.92 Å². The number of rotatable bonds is 2. The van der Waals surface area contributed by atoms with Gasteiger partial charge in [-0.3, -0.25) is 15.4 Å². The van der Waals surface area contributed by atoms with E-state index in [9.17, 15) is 4.79 Å². The van der Waals surface area contributed by atoms with Gasteiger partial charge in [0, 0.05) is 35.5 Å². The number of carbonyl (C=O) groups is 1. The lowest BCUT2D eigenvalue weighted by Crippen LogP contribution is -2.22. The monoisotopic (exact) mass is 320 g/mol. The molecule has 3 heterocycles. The first-order chi connectivity index (χ1) is 11.8. The molecule has 1 fully saturated rings. The highest BCUT2D eigenvalue weighted by molar-refractivity contribution is 5.98. The highest BCUT2D eigenvalue weighted by Crippen LogP contribution is 2.39. The van der Waals surface area contributed by atoms with Crippen molar-refractivity contribution in [1.82, 2.24) is 15.2 Å². The normalized spacial score (nSPS) is 20.2. The lowest BCUT2D eigenvalue weighted by Gasteiger charge is -2.13. The molecule has 5 rings (SSSR count). The summed E-state index contributed by atoms with van der Waals surface area (Å²) in [5, 5.41) is 11.4. The topological polar surface area (TPSA) is 79.9 Å². The van der Waals surface area contributed by atoms with Gasteiger partial charge in [0.25, 0.3) is 0 Å². The number of pyridine rings is 1. The van der Waals surface area contributed by atoms with Crippen molar-refractivity contribution >= 4 is 22.7 Å². The second-order valence-electron chi connectivity index (χ2n) is 6.47. The van der Waals surface area contributed by atoms with Crippen LogP contribution >= 0.6 is 0 Å². The number of anilines is 1. The number of carbonyl (C=O) groups excluding carboxylic acids is 1. The Morgan fingerprint density at radius 2 is 2.00 bits per heavy atom. The van der Waals surface area contributed by atoms with Gasteiger partial charge in [-0.1, -0.05) is 0 Å². The van der Waals surface area contributed by atoms with Crippen LogP contribution in [0.25, 0.3) is 22.2 Å². The second-order valence-corrected chi connectivity index (χ2v) is 6.47. The summed E-state index contributed by atoms with van der Waals surface area (Å²) in [4.78, 5) is 16.0. The largest absolute Gasteiger partial charge is 0.445 e. The fraction of sp³-hybridized carbons (Fsp3) is 0.278. The Labute approximate surface area is 138 Å². The number of hydrogen-bond acceptors (Lipinski definition) is 4. The number of ether oxygens (including phenoxy) is 1. The Morgan fingerprint density at radius 3 is 2.79 bits per heavy atom. The van der Waals surface area contributed by atoms with Gasteiger partial charge >= 0.3 is 6.09 Å². The maximum Gasteiger partial charge on any atom is 0.411 e. The van der Waals surface area contributed by atoms with E-state index >= 15 is 0 Å². The first-order valence-electron chi connectivity index (χ1n) is 8.17. The van der Waals surface area contributed by atoms with Gasteiger partial charge in [-0.25, -0.2) is 4.79 Å². The maximum absolute atomic E-state index is 12.0. The summed E-state index contributed by atoms with van der Waals surface area (Å²) in [6, 6.07) is 7.95. The molecule has 2 aliphatic rings. The smallest absolute Gasteiger partial charge is 0.411 e. The number of nitrogens with one attached hydrogen (secondary N) is 2. The van der Waals surface area contributed by atoms with Gasteiger partial charge in [-0.2, -0.15) is 5.10 Å². The summed E-state index contributed by atoms with van der Waals surface area (Å²) in [5.41, 5.74) is 4.71. The molecule has 1 aromatic carbocycles. The molecule has 2 aromatic heterocycles. The number of aromatic nitrogens is 3. The van der Waals surface area contributed by atoms with Crippen LogP contribution in [-0.2, 0) is 11.2 Å². The van der Waals surface area contributed by atoms with Crippen molar-refractivity contribution in [2.75, 3.05) is 5.32 Å². The second kappa shape index (κ2) is 5.06. The van der Waals surface area contributed by atoms with Gasteiger partial charge in [-0.05, 0) is 48.6 Å². The zero-order valence-electron chi connectivity index (χ0n) is 13.0. The van der Waals surface area contributed by atoms with E-state index in [4.69, 9.17) is 4.74 Å². The molecule has 2 N–H and O–H groups in total. The highest BCUT2D eigenvalue weighted by atomic mass is 16.6. The number of cyclic esters (lactones) is 1. The number of H-pyrrole nitrogens is 1. The molecule has 1 aliphatic carbocycles. The number of nitrogens with zero attached hydrogens (tertiary/aromatic N) is 2. The van der Waals surface area contributed by atoms with E-state index in [-0.39, 0.29) is 12.2 Å². The molecule has 1 aliphatic heterocycles. The highest BCUT2D eigenvalue weighted by Gasteiger charge is 2.36. The summed E-state index contributed by atoms with van der Waals surface area (Å²) in [5.74, 6) is 0.501. The number of benzene rings is 1. The number of fused-ring (bicyclic) bond motifs is 2. The van der Waals surface area contributed by atoms with Crippen LogP contribution in [0.3, 0.4) is 0 Å². The van der Waals surface area contributed by atoms with Crippen LogP contribution in [-0.4, -0.2) is 27.4 Å². The third-order valence-electron chi connectivity index (χ3n) is 4.80. The predicted octanol–water partition coefficient (Wildman–Crippen LogP) is 3.51. The van der Waals surface area contributed by atoms with Gasteiger partial charge in [0.1, 0.15) is 11.8 Å². The minimum absolute atomic E-state index is 0.0278. The van der Waals surface area contributed by atoms with Crippen molar-refractivity contribution < 1.29 is 9.53 Å². The molecular formula is C18H16N4O2. The van der Waals surface area contributed by atoms with Crippen LogP contribution in [0.2, 0.25) is 0 Å². The summed E-state index contributed by atoms with van der Waals surface area (Å²) in [6.45, 7) is 0. The van der Waals surface area contributed by atoms with E-state index in [1.54, 1.807) is 12.4 Å². The molecule has 1 saturated carbocycles. The summed E-state index contributed by atoms with van der Waals surface area (Å²) < 4.78 is 5.55. The zero-order valence-corrected chi connectivity index (χ0v) is 13.0. The number of amides is 1. The van der Waals surface area contributed by atoms with Gasteiger partial charge < -0.3 is 4.74 Å². The average molecular weight is 320 g/mol. The fourth-order valence-electron chi connectivity index (χ4n) is 3.39. The van der Waals surface area contributed by atoms with Gasteiger partial charge in [-0.15, -0.1) is 0 Å². The van der Waals surface area contributed by atoms with Gasteiger partial charge in [0.2, 0.25) is 0 Å². The van der Waals surface area contributed by atoms with E-state index in [0.717, 1.165) is 52.7 Å². The van der Waals surface area contributed by atoms with Crippen LogP contribution in [0.1, 0.15) is 18.4 Å². The molecule has 6 nitrogen and oxygen atoms in total. The lowest BCUT2D eigenvalue weighted by atomic mass is 9.99. The third kappa shape index (κ3) is 2.22. The van der Waals surface area contributed by atoms with Crippen molar-refractivity contribution in [3.8, 4) is 11.3 Å². The fourth-order valence-corrected chi connectivity index (χ4v) is 3.39. The van der Waals surface area contributed by atoms with Crippen molar-refractivity contribution in [2.45, 2.75) is 25.4 Å². The third-order valence-corrected chi connectivity index (χ3v) is 4.80. The molecule has 6 heteroatoms. The van der Waals surface area contributed by atoms with Crippen LogP contribution in [0.4, 0.5) is 10.5 Å². The Kier molecular flexibility index (Phi) is 2.85. The molecule has 0 spiro atoms. The summed E-state index contributed by atoms with van der Waals surface area (Å²) in [7, 11) is 0. The van der Waals surface area contributed by atoms with Gasteiger partial charge in [0.15, 0.2) is 0 Å². The molecule has 1 atom stereocenters. The molecule has 1 unspecified atom stereocenters. The number of hydrogen-bond donors (Lipinski definition) is 2. The Balaban J connectivity index is 1.63. The predicted molar refractivity (Wildman–Crippen MR) is 89.6 cm³/mol. The SMILES string of the molecule is O=C1Nc2cc3[nH]nc(-c4ccncc4)c3cc2CC(C2CC2)O1. The Bertz CT molecular complexity index is 931. The van der Waals surface area contributed by atoms with E-state index in [1.165, 1.54) is 0 Å². The van der Waals surface area contributed by atoms with Crippen LogP contribution in [0.5, 0.6) is 0 Å². The zero-order chi connectivity index (χ0) is 16.1. The van der Waals surface area contributed by atoms with E-state index < -0.39 is 0 Å². The minimum atomic E-state index is -0.362. The molecule has 0 bridgehead atoms. The van der Waals surface area contributed by atoms with Crippen LogP contribution in [0.15, 0.2) is 36.7 Å². The molecular weight excluding hydrogens is 304 g/mol. The maximum atomic E-state index is 12.0. The first kappa shape index (κ1) is 13.5. The van der Waals surface area contributed by atoms with Crippen molar-refractivity contribution in [3.63, 3.8) is 0 Å². The lowest BCUT2D eigenvalue weighted by molar-refractivity contribution is 0.0999. The Morgan fingerprint density at radius 1 is 1.17 bits per heavy atom. The molecule has 24 heavy (non-hydrogen) atoms. The number of aromatic amines is 1. The molecule has 1 amide bonds. The van der Waals surface area contributed by atoms with Crippen molar-refractivity contribution in [3.05, 3.63) is 42.2 Å². The molecule has 0 radical (unpaired) electrons. The molecule has 120 valence electrons. The van der Waals surface area contributed by atoms with E-state index in [2.05, 4.69) is 26.6 Å². The molecule has 0 saturated heterocycles. The average Bonchev–Trinajstić information content (AvgIpc) is 3.37. The first-order valence-corrected chi connectivity index (χ1v) is 8.17. The van der Waals surface area contributed by atoms with Crippen LogP contribution < -0.4 is 5.32 Å². The summed E-state index contributed by atoms with van der Waals surface area (Å²) in [6.07, 6.45) is 6.16. The van der Waals surface area contributed by atoms with Crippen molar-refractivity contribution in [1.29, 1.82) is 0 Å². The standard InChI is InChI=1S/C18H16N4O2/c23-18-20-14-9-15-13(7-12(14)8-16(24-18)10-1-2-10)17(22-21-15)11-3-5-19-6-4-11/h3-7,9-10,16H,1-2,8H2,(H,20,23)(H,21,22). The van der Waals surface area contributed by atoms with Gasteiger partial charge in [0.05, 0.1) is 5.52 Å². The minimum Gasteiger partial charge on any atom is -0.445 e. The van der Waals surface area contributed by atoms with E-state index in [1.807, 2.05) is 18.2 Å². The van der Waals surface area contributed by atoms with E-state index in [0.29, 0.717) is 5.92 Å². The summed E-state index contributed by atoms with van der Waals surface area (Å²) >= 11 is 0. The molecule has 3 aromatic rings. The Hall–Kier alpha value is -2.89.